The maximum atomic E-state index is 12.9. The zero-order chi connectivity index (χ0) is 17.8. The quantitative estimate of drug-likeness (QED) is 0.440. The Morgan fingerprint density at radius 3 is 2.16 bits per heavy atom. The Balaban J connectivity index is 1.39. The first-order chi connectivity index (χ1) is 11.7. The third-order valence-electron chi connectivity index (χ3n) is 7.28. The summed E-state index contributed by atoms with van der Waals surface area (Å²) in [6.45, 7) is 3.39. The number of hydrogen-bond acceptors (Lipinski definition) is 3. The van der Waals surface area contributed by atoms with Gasteiger partial charge in [0.05, 0.1) is 38.8 Å². The molecule has 0 aromatic carbocycles. The van der Waals surface area contributed by atoms with Gasteiger partial charge in [-0.25, -0.2) is 4.79 Å². The molecule has 5 aliphatic rings. The molecule has 0 aliphatic heterocycles. The Kier molecular flexibility index (Phi) is 4.25. The molecule has 0 unspecified atom stereocenters. The Labute approximate surface area is 152 Å². The first-order valence-electron chi connectivity index (χ1n) is 10.3. The topological polar surface area (TPSA) is 38.7 Å². The van der Waals surface area contributed by atoms with Crippen LogP contribution in [0.5, 0.6) is 0 Å². The van der Waals surface area contributed by atoms with Gasteiger partial charge in [0.2, 0.25) is 0 Å². The molecule has 5 fully saturated rings. The Hall–Kier alpha value is -0.900. The fourth-order valence-electron chi connectivity index (χ4n) is 6.81. The highest BCUT2D eigenvalue weighted by Crippen LogP contribution is 2.60. The van der Waals surface area contributed by atoms with Gasteiger partial charge in [0.25, 0.3) is 0 Å². The van der Waals surface area contributed by atoms with Gasteiger partial charge in [0.15, 0.2) is 0 Å². The van der Waals surface area contributed by atoms with Gasteiger partial charge >= 0.3 is 5.97 Å². The molecule has 0 aromatic heterocycles. The Morgan fingerprint density at radius 2 is 1.64 bits per heavy atom. The standard InChI is InChI=1S/C21H35N2O2/c1-14-5-18(13-23(2,3)4)9-19(14)22-25-20(24)21-10-15-6-16(11-21)8-17(7-15)12-21/h14-18H,5-13H2,1-4H3/q+1/b22-19+/t14-,15?,16?,17?,18+,21?/m1/s1. The summed E-state index contributed by atoms with van der Waals surface area (Å²) in [7, 11) is 6.73. The number of rotatable bonds is 4. The van der Waals surface area contributed by atoms with Crippen LogP contribution in [0.1, 0.15) is 58.3 Å². The summed E-state index contributed by atoms with van der Waals surface area (Å²) >= 11 is 0. The molecular weight excluding hydrogens is 312 g/mol. The zero-order valence-electron chi connectivity index (χ0n) is 16.5. The average Bonchev–Trinajstić information content (AvgIpc) is 2.80. The molecule has 140 valence electrons. The minimum absolute atomic E-state index is 0.0126. The molecule has 25 heavy (non-hydrogen) atoms. The average molecular weight is 348 g/mol. The fourth-order valence-corrected chi connectivity index (χ4v) is 6.81. The zero-order valence-corrected chi connectivity index (χ0v) is 16.5. The number of nitrogens with zero attached hydrogens (tertiary/aromatic N) is 2. The van der Waals surface area contributed by atoms with Crippen LogP contribution in [0.2, 0.25) is 0 Å². The van der Waals surface area contributed by atoms with Crippen molar-refractivity contribution in [2.24, 2.45) is 40.2 Å². The molecule has 0 heterocycles. The van der Waals surface area contributed by atoms with Crippen molar-refractivity contribution >= 4 is 11.7 Å². The number of carbonyl (C=O) groups excluding carboxylic acids is 1. The molecule has 0 radical (unpaired) electrons. The third-order valence-corrected chi connectivity index (χ3v) is 7.28. The summed E-state index contributed by atoms with van der Waals surface area (Å²) in [4.78, 5) is 18.5. The van der Waals surface area contributed by atoms with Crippen molar-refractivity contribution < 1.29 is 14.1 Å². The van der Waals surface area contributed by atoms with E-state index in [4.69, 9.17) is 4.84 Å². The van der Waals surface area contributed by atoms with Crippen LogP contribution in [0.15, 0.2) is 5.16 Å². The Morgan fingerprint density at radius 1 is 1.08 bits per heavy atom. The largest absolute Gasteiger partial charge is 0.341 e. The molecule has 5 aliphatic carbocycles. The maximum absolute atomic E-state index is 12.9. The summed E-state index contributed by atoms with van der Waals surface area (Å²) in [6, 6.07) is 0. The second-order valence-electron chi connectivity index (χ2n) is 10.8. The molecule has 0 N–H and O–H groups in total. The smallest absolute Gasteiger partial charge is 0.331 e. The van der Waals surface area contributed by atoms with Crippen LogP contribution < -0.4 is 0 Å². The molecule has 0 saturated heterocycles. The van der Waals surface area contributed by atoms with Gasteiger partial charge in [0, 0.05) is 5.92 Å². The van der Waals surface area contributed by atoms with E-state index in [-0.39, 0.29) is 11.4 Å². The lowest BCUT2D eigenvalue weighted by Gasteiger charge is -2.54. The van der Waals surface area contributed by atoms with Crippen molar-refractivity contribution in [2.45, 2.75) is 58.3 Å². The lowest BCUT2D eigenvalue weighted by molar-refractivity contribution is -0.873. The van der Waals surface area contributed by atoms with Gasteiger partial charge in [-0.1, -0.05) is 12.1 Å². The predicted octanol–water partition coefficient (Wildman–Crippen LogP) is 3.85. The van der Waals surface area contributed by atoms with E-state index in [1.54, 1.807) is 0 Å². The van der Waals surface area contributed by atoms with E-state index in [0.29, 0.717) is 11.8 Å². The van der Waals surface area contributed by atoms with Crippen LogP contribution in [0, 0.1) is 35.0 Å². The minimum atomic E-state index is -0.192. The van der Waals surface area contributed by atoms with E-state index in [0.717, 1.165) is 60.2 Å². The third kappa shape index (κ3) is 3.51. The number of carbonyl (C=O) groups is 1. The molecule has 2 atom stereocenters. The second-order valence-corrected chi connectivity index (χ2v) is 10.8. The molecule has 5 rings (SSSR count). The Bertz CT molecular complexity index is 540. The van der Waals surface area contributed by atoms with Crippen LogP contribution in [0.4, 0.5) is 0 Å². The molecular formula is C21H35N2O2+. The van der Waals surface area contributed by atoms with E-state index in [1.807, 2.05) is 0 Å². The van der Waals surface area contributed by atoms with Crippen molar-refractivity contribution in [3.8, 4) is 0 Å². The molecule has 4 nitrogen and oxygen atoms in total. The number of oxime groups is 1. The minimum Gasteiger partial charge on any atom is -0.331 e. The van der Waals surface area contributed by atoms with E-state index < -0.39 is 0 Å². The molecule has 4 bridgehead atoms. The molecule has 0 aromatic rings. The molecule has 4 heteroatoms. The fraction of sp³-hybridized carbons (Fsp3) is 0.905. The van der Waals surface area contributed by atoms with Crippen LogP contribution in [0.3, 0.4) is 0 Å². The van der Waals surface area contributed by atoms with Gasteiger partial charge in [-0.3, -0.25) is 0 Å². The van der Waals surface area contributed by atoms with Crippen LogP contribution >= 0.6 is 0 Å². The van der Waals surface area contributed by atoms with Crippen molar-refractivity contribution in [2.75, 3.05) is 27.7 Å². The van der Waals surface area contributed by atoms with Crippen LogP contribution in [0.25, 0.3) is 0 Å². The summed E-state index contributed by atoms with van der Waals surface area (Å²) in [5.41, 5.74) is 0.916. The lowest BCUT2D eigenvalue weighted by atomic mass is 9.49. The number of quaternary nitrogens is 1. The van der Waals surface area contributed by atoms with Crippen molar-refractivity contribution in [3.63, 3.8) is 0 Å². The number of hydrogen-bond donors (Lipinski definition) is 0. The lowest BCUT2D eigenvalue weighted by Crippen LogP contribution is -2.50. The van der Waals surface area contributed by atoms with Gasteiger partial charge in [-0.15, -0.1) is 0 Å². The van der Waals surface area contributed by atoms with Crippen molar-refractivity contribution in [1.82, 2.24) is 0 Å². The monoisotopic (exact) mass is 347 g/mol. The van der Waals surface area contributed by atoms with Crippen molar-refractivity contribution in [1.29, 1.82) is 0 Å². The van der Waals surface area contributed by atoms with E-state index in [2.05, 4.69) is 33.2 Å². The molecule has 5 saturated carbocycles. The van der Waals surface area contributed by atoms with Gasteiger partial charge < -0.3 is 9.32 Å². The highest BCUT2D eigenvalue weighted by Gasteiger charge is 2.55. The van der Waals surface area contributed by atoms with Gasteiger partial charge in [-0.2, -0.15) is 0 Å². The SMILES string of the molecule is C[C@@H]1C[C@H](C[N+](C)(C)C)C/C1=N\OC(=O)C12CC3CC(CC(C3)C1)C2. The van der Waals surface area contributed by atoms with E-state index in [9.17, 15) is 4.79 Å². The summed E-state index contributed by atoms with van der Waals surface area (Å²) < 4.78 is 0.984. The summed E-state index contributed by atoms with van der Waals surface area (Å²) in [5.74, 6) is 3.40. The first-order valence-corrected chi connectivity index (χ1v) is 10.3. The van der Waals surface area contributed by atoms with Crippen LogP contribution in [-0.2, 0) is 9.63 Å². The highest BCUT2D eigenvalue weighted by atomic mass is 16.7. The van der Waals surface area contributed by atoms with E-state index >= 15 is 0 Å². The van der Waals surface area contributed by atoms with E-state index in [1.165, 1.54) is 25.7 Å². The second kappa shape index (κ2) is 6.07. The summed E-state index contributed by atoms with van der Waals surface area (Å²) in [6.07, 6.45) is 9.39. The molecule has 0 spiro atoms. The highest BCUT2D eigenvalue weighted by molar-refractivity contribution is 5.89. The molecule has 0 amide bonds. The van der Waals surface area contributed by atoms with Crippen LogP contribution in [-0.4, -0.2) is 43.9 Å². The predicted molar refractivity (Wildman–Crippen MR) is 98.9 cm³/mol. The van der Waals surface area contributed by atoms with Gasteiger partial charge in [0.1, 0.15) is 0 Å². The summed E-state index contributed by atoms with van der Waals surface area (Å²) in [5, 5.41) is 4.40. The first kappa shape index (κ1) is 17.5. The maximum Gasteiger partial charge on any atom is 0.341 e. The van der Waals surface area contributed by atoms with Gasteiger partial charge in [-0.05, 0) is 75.0 Å². The van der Waals surface area contributed by atoms with Crippen molar-refractivity contribution in [3.05, 3.63) is 0 Å². The normalized spacial score (nSPS) is 44.5.